The van der Waals surface area contributed by atoms with Crippen molar-refractivity contribution in [3.63, 3.8) is 0 Å². The summed E-state index contributed by atoms with van der Waals surface area (Å²) in [7, 11) is 0. The molecule has 2 aliphatic rings. The van der Waals surface area contributed by atoms with Crippen LogP contribution in [-0.4, -0.2) is 78.7 Å². The average Bonchev–Trinajstić information content (AvgIpc) is 3.38. The molecule has 14 heteroatoms. The van der Waals surface area contributed by atoms with Crippen molar-refractivity contribution in [3.05, 3.63) is 51.2 Å². The van der Waals surface area contributed by atoms with Crippen LogP contribution in [0, 0.1) is 10.1 Å². The molecule has 2 saturated heterocycles. The Labute approximate surface area is 210 Å². The van der Waals surface area contributed by atoms with E-state index < -0.39 is 4.92 Å². The lowest BCUT2D eigenvalue weighted by Gasteiger charge is -2.30. The van der Waals surface area contributed by atoms with Crippen molar-refractivity contribution < 1.29 is 18.8 Å². The van der Waals surface area contributed by atoms with Gasteiger partial charge < -0.3 is 23.7 Å². The van der Waals surface area contributed by atoms with E-state index >= 15 is 0 Å². The molecular weight excluding hydrogens is 492 g/mol. The van der Waals surface area contributed by atoms with Gasteiger partial charge in [-0.05, 0) is 18.2 Å². The van der Waals surface area contributed by atoms with Crippen LogP contribution in [0.15, 0.2) is 39.9 Å². The maximum atomic E-state index is 10.9. The fourth-order valence-electron chi connectivity index (χ4n) is 3.75. The lowest BCUT2D eigenvalue weighted by atomic mass is 10.1. The van der Waals surface area contributed by atoms with Crippen LogP contribution < -0.4 is 15.2 Å². The second-order valence-electron chi connectivity index (χ2n) is 7.95. The number of morpholine rings is 2. The molecule has 0 aliphatic carbocycles. The summed E-state index contributed by atoms with van der Waals surface area (Å²) in [5.74, 6) is 2.32. The molecule has 188 valence electrons. The quantitative estimate of drug-likeness (QED) is 0.282. The molecule has 0 saturated carbocycles. The molecule has 1 aromatic carbocycles. The van der Waals surface area contributed by atoms with E-state index in [0.29, 0.717) is 87.5 Å². The molecule has 0 amide bonds. The predicted octanol–water partition coefficient (Wildman–Crippen LogP) is 2.81. The highest BCUT2D eigenvalue weighted by Crippen LogP contribution is 2.32. The Morgan fingerprint density at radius 1 is 0.972 bits per heavy atom. The van der Waals surface area contributed by atoms with Crippen LogP contribution in [-0.2, 0) is 9.47 Å². The number of benzene rings is 1. The van der Waals surface area contributed by atoms with Crippen molar-refractivity contribution in [2.45, 2.75) is 0 Å². The van der Waals surface area contributed by atoms with Gasteiger partial charge in [0.1, 0.15) is 11.5 Å². The van der Waals surface area contributed by atoms with Gasteiger partial charge in [-0.25, -0.2) is 5.43 Å². The SMILES string of the molecule is O=[N+]([O-])c1ccc(-c2ccc(/C=N/Nc3nc(N4CCOCC4)nc(N4CCOCC4)n3)o2)c(Cl)c1. The molecule has 4 heterocycles. The summed E-state index contributed by atoms with van der Waals surface area (Å²) in [5.41, 5.74) is 3.31. The van der Waals surface area contributed by atoms with Crippen LogP contribution in [0.1, 0.15) is 5.76 Å². The van der Waals surface area contributed by atoms with Gasteiger partial charge in [0, 0.05) is 43.9 Å². The zero-order valence-electron chi connectivity index (χ0n) is 19.2. The van der Waals surface area contributed by atoms with Crippen LogP contribution in [0.25, 0.3) is 11.3 Å². The Morgan fingerprint density at radius 2 is 1.61 bits per heavy atom. The van der Waals surface area contributed by atoms with E-state index in [0.717, 1.165) is 0 Å². The van der Waals surface area contributed by atoms with Crippen molar-refractivity contribution in [2.24, 2.45) is 5.10 Å². The van der Waals surface area contributed by atoms with Crippen LogP contribution in [0.2, 0.25) is 5.02 Å². The van der Waals surface area contributed by atoms with Gasteiger partial charge in [-0.3, -0.25) is 10.1 Å². The number of nitro groups is 1. The number of hydrogen-bond donors (Lipinski definition) is 1. The number of nitrogens with one attached hydrogen (secondary N) is 1. The molecule has 13 nitrogen and oxygen atoms in total. The number of anilines is 3. The summed E-state index contributed by atoms with van der Waals surface area (Å²) >= 11 is 6.20. The minimum atomic E-state index is -0.502. The summed E-state index contributed by atoms with van der Waals surface area (Å²) in [6.45, 7) is 5.20. The summed E-state index contributed by atoms with van der Waals surface area (Å²) in [6.07, 6.45) is 1.48. The smallest absolute Gasteiger partial charge is 0.270 e. The molecule has 36 heavy (non-hydrogen) atoms. The Morgan fingerprint density at radius 3 is 2.19 bits per heavy atom. The zero-order valence-corrected chi connectivity index (χ0v) is 19.9. The number of furan rings is 1. The Balaban J connectivity index is 1.32. The van der Waals surface area contributed by atoms with Gasteiger partial charge in [-0.1, -0.05) is 11.6 Å². The number of ether oxygens (including phenoxy) is 2. The molecule has 3 aromatic rings. The number of hydrazone groups is 1. The highest BCUT2D eigenvalue weighted by molar-refractivity contribution is 6.33. The van der Waals surface area contributed by atoms with Gasteiger partial charge in [0.15, 0.2) is 0 Å². The molecule has 2 fully saturated rings. The van der Waals surface area contributed by atoms with Crippen LogP contribution in [0.4, 0.5) is 23.5 Å². The molecule has 1 N–H and O–H groups in total. The topological polar surface area (TPSA) is 144 Å². The van der Waals surface area contributed by atoms with E-state index in [2.05, 4.69) is 35.3 Å². The number of halogens is 1. The van der Waals surface area contributed by atoms with Crippen LogP contribution in [0.5, 0.6) is 0 Å². The number of aromatic nitrogens is 3. The van der Waals surface area contributed by atoms with Crippen molar-refractivity contribution in [2.75, 3.05) is 67.8 Å². The van der Waals surface area contributed by atoms with Gasteiger partial charge >= 0.3 is 0 Å². The van der Waals surface area contributed by atoms with Crippen LogP contribution in [0.3, 0.4) is 0 Å². The molecule has 2 aliphatic heterocycles. The summed E-state index contributed by atoms with van der Waals surface area (Å²) < 4.78 is 16.7. The number of non-ortho nitro benzene ring substituents is 1. The first-order valence-electron chi connectivity index (χ1n) is 11.3. The minimum Gasteiger partial charge on any atom is -0.455 e. The summed E-state index contributed by atoms with van der Waals surface area (Å²) in [5, 5.41) is 15.4. The highest BCUT2D eigenvalue weighted by atomic mass is 35.5. The standard InChI is InChI=1S/C22H23ClN8O5/c23-18-13-15(31(32)33)1-3-17(18)19-4-2-16(36-19)14-24-28-20-25-21(29-5-9-34-10-6-29)27-22(26-20)30-7-11-35-12-8-30/h1-4,13-14H,5-12H2,(H,25,26,27,28)/b24-14+. The molecule has 5 rings (SSSR count). The first kappa shape index (κ1) is 23.9. The van der Waals surface area contributed by atoms with Crippen molar-refractivity contribution in [1.82, 2.24) is 15.0 Å². The van der Waals surface area contributed by atoms with Gasteiger partial charge in [0.05, 0.1) is 42.6 Å². The number of rotatable bonds is 7. The predicted molar refractivity (Wildman–Crippen MR) is 133 cm³/mol. The van der Waals surface area contributed by atoms with E-state index in [4.69, 9.17) is 25.5 Å². The molecule has 0 bridgehead atoms. The van der Waals surface area contributed by atoms with E-state index in [1.54, 1.807) is 18.2 Å². The number of nitrogens with zero attached hydrogens (tertiary/aromatic N) is 7. The molecule has 0 radical (unpaired) electrons. The Hall–Kier alpha value is -3.81. The third-order valence-electron chi connectivity index (χ3n) is 5.61. The Kier molecular flexibility index (Phi) is 7.21. The molecule has 0 atom stereocenters. The lowest BCUT2D eigenvalue weighted by Crippen LogP contribution is -2.40. The largest absolute Gasteiger partial charge is 0.455 e. The molecule has 0 spiro atoms. The van der Waals surface area contributed by atoms with Crippen molar-refractivity contribution >= 4 is 41.3 Å². The van der Waals surface area contributed by atoms with Crippen molar-refractivity contribution in [3.8, 4) is 11.3 Å². The fourth-order valence-corrected chi connectivity index (χ4v) is 4.02. The zero-order chi connectivity index (χ0) is 24.9. The highest BCUT2D eigenvalue weighted by Gasteiger charge is 2.20. The number of hydrogen-bond acceptors (Lipinski definition) is 12. The van der Waals surface area contributed by atoms with Gasteiger partial charge in [-0.15, -0.1) is 0 Å². The first-order valence-corrected chi connectivity index (χ1v) is 11.7. The first-order chi connectivity index (χ1) is 17.6. The van der Waals surface area contributed by atoms with Crippen LogP contribution >= 0.6 is 11.6 Å². The molecule has 2 aromatic heterocycles. The maximum Gasteiger partial charge on any atom is 0.270 e. The molecular formula is C22H23ClN8O5. The van der Waals surface area contributed by atoms with E-state index in [-0.39, 0.29) is 10.7 Å². The average molecular weight is 515 g/mol. The molecule has 0 unspecified atom stereocenters. The fraction of sp³-hybridized carbons (Fsp3) is 0.364. The summed E-state index contributed by atoms with van der Waals surface area (Å²) in [6, 6.07) is 7.63. The van der Waals surface area contributed by atoms with E-state index in [1.807, 2.05) is 0 Å². The minimum absolute atomic E-state index is 0.0912. The van der Waals surface area contributed by atoms with Crippen molar-refractivity contribution in [1.29, 1.82) is 0 Å². The second kappa shape index (κ2) is 10.8. The maximum absolute atomic E-state index is 10.9. The van der Waals surface area contributed by atoms with E-state index in [1.165, 1.54) is 18.3 Å². The van der Waals surface area contributed by atoms with Gasteiger partial charge in [-0.2, -0.15) is 20.1 Å². The normalized spacial score (nSPS) is 16.5. The third kappa shape index (κ3) is 5.53. The van der Waals surface area contributed by atoms with Gasteiger partial charge in [0.2, 0.25) is 17.8 Å². The van der Waals surface area contributed by atoms with Gasteiger partial charge in [0.25, 0.3) is 5.69 Å². The third-order valence-corrected chi connectivity index (χ3v) is 5.92. The van der Waals surface area contributed by atoms with E-state index in [9.17, 15) is 10.1 Å². The lowest BCUT2D eigenvalue weighted by molar-refractivity contribution is -0.384. The second-order valence-corrected chi connectivity index (χ2v) is 8.36. The Bertz CT molecular complexity index is 1220. The summed E-state index contributed by atoms with van der Waals surface area (Å²) in [4.78, 5) is 28.3. The number of nitro benzene ring substituents is 1. The monoisotopic (exact) mass is 514 g/mol.